The quantitative estimate of drug-likeness (QED) is 0.362. The molecule has 2 saturated heterocycles. The van der Waals surface area contributed by atoms with Crippen molar-refractivity contribution < 1.29 is 9.84 Å². The molecule has 0 amide bonds. The number of hydrogen-bond donors (Lipinski definition) is 2. The van der Waals surface area contributed by atoms with E-state index in [1.807, 2.05) is 48.1 Å². The number of ether oxygens (including phenoxy) is 1. The molecular formula is C27H28N8O2. The van der Waals surface area contributed by atoms with Crippen LogP contribution >= 0.6 is 0 Å². The van der Waals surface area contributed by atoms with E-state index in [-0.39, 0.29) is 6.10 Å². The van der Waals surface area contributed by atoms with Crippen LogP contribution in [0.25, 0.3) is 11.2 Å². The van der Waals surface area contributed by atoms with E-state index in [1.165, 1.54) is 11.9 Å². The van der Waals surface area contributed by atoms with Crippen molar-refractivity contribution in [2.24, 2.45) is 0 Å². The molecule has 188 valence electrons. The summed E-state index contributed by atoms with van der Waals surface area (Å²) in [4.78, 5) is 11.4. The lowest BCUT2D eigenvalue weighted by Gasteiger charge is -2.37. The van der Waals surface area contributed by atoms with Crippen molar-refractivity contribution in [1.82, 2.24) is 34.1 Å². The Bertz CT molecular complexity index is 1580. The minimum absolute atomic E-state index is 0.166. The molecule has 2 N–H and O–H groups in total. The van der Waals surface area contributed by atoms with Gasteiger partial charge in [0.05, 0.1) is 6.10 Å². The summed E-state index contributed by atoms with van der Waals surface area (Å²) in [5.74, 6) is 2.25. The van der Waals surface area contributed by atoms with Crippen LogP contribution in [0.5, 0.6) is 11.5 Å². The predicted molar refractivity (Wildman–Crippen MR) is 138 cm³/mol. The largest absolute Gasteiger partial charge is 0.457 e. The van der Waals surface area contributed by atoms with Gasteiger partial charge in [0, 0.05) is 42.8 Å². The molecule has 7 rings (SSSR count). The minimum atomic E-state index is -0.166. The zero-order valence-electron chi connectivity index (χ0n) is 20.5. The molecular weight excluding hydrogens is 468 g/mol. The Hall–Kier alpha value is -4.02. The second-order valence-electron chi connectivity index (χ2n) is 10.1. The Morgan fingerprint density at radius 2 is 1.76 bits per heavy atom. The second-order valence-corrected chi connectivity index (χ2v) is 10.1. The number of benzene rings is 1. The predicted octanol–water partition coefficient (Wildman–Crippen LogP) is 4.10. The van der Waals surface area contributed by atoms with E-state index >= 15 is 0 Å². The standard InChI is InChI=1S/C27H28N8O2/c1-17-10-19(2-5-24(17)37-23-7-9-34-25(13-23)28-15-30-34)32-27-26-18(6-8-35(26)31-16-29-27)14-33-20-3-4-21(33)12-22(36)11-20/h2,5-10,13,15-16,20-22,36H,3-4,11-12,14H2,1H3,(H,29,31,32). The number of aliphatic hydroxyl groups excluding tert-OH is 1. The van der Waals surface area contributed by atoms with Crippen molar-refractivity contribution in [3.8, 4) is 11.5 Å². The van der Waals surface area contributed by atoms with Crippen LogP contribution in [0.2, 0.25) is 0 Å². The van der Waals surface area contributed by atoms with Crippen LogP contribution in [-0.2, 0) is 6.54 Å². The van der Waals surface area contributed by atoms with E-state index in [2.05, 4.69) is 42.5 Å². The molecule has 1 aromatic carbocycles. The Balaban J connectivity index is 1.13. The number of nitrogens with zero attached hydrogens (tertiary/aromatic N) is 7. The molecule has 6 heterocycles. The van der Waals surface area contributed by atoms with Gasteiger partial charge in [-0.05, 0) is 74.1 Å². The van der Waals surface area contributed by atoms with Crippen LogP contribution in [0, 0.1) is 6.92 Å². The molecule has 0 aliphatic carbocycles. The molecule has 37 heavy (non-hydrogen) atoms. The lowest BCUT2D eigenvalue weighted by Crippen LogP contribution is -2.44. The molecule has 2 fully saturated rings. The molecule has 2 aliphatic heterocycles. The number of pyridine rings is 1. The van der Waals surface area contributed by atoms with E-state index in [0.29, 0.717) is 17.8 Å². The maximum Gasteiger partial charge on any atom is 0.158 e. The fourth-order valence-electron chi connectivity index (χ4n) is 5.90. The van der Waals surface area contributed by atoms with Gasteiger partial charge in [0.15, 0.2) is 11.5 Å². The average molecular weight is 497 g/mol. The van der Waals surface area contributed by atoms with Crippen LogP contribution in [0.15, 0.2) is 61.4 Å². The van der Waals surface area contributed by atoms with E-state index in [9.17, 15) is 5.11 Å². The first-order valence-corrected chi connectivity index (χ1v) is 12.7. The van der Waals surface area contributed by atoms with Gasteiger partial charge in [-0.25, -0.2) is 19.0 Å². The number of fused-ring (bicyclic) bond motifs is 4. The molecule has 2 unspecified atom stereocenters. The van der Waals surface area contributed by atoms with Gasteiger partial charge in [-0.1, -0.05) is 0 Å². The van der Waals surface area contributed by atoms with Crippen LogP contribution in [-0.4, -0.2) is 57.4 Å². The monoisotopic (exact) mass is 496 g/mol. The molecule has 4 aromatic heterocycles. The van der Waals surface area contributed by atoms with Gasteiger partial charge in [0.25, 0.3) is 0 Å². The lowest BCUT2D eigenvalue weighted by molar-refractivity contribution is 0.0312. The van der Waals surface area contributed by atoms with Gasteiger partial charge in [0.2, 0.25) is 0 Å². The third-order valence-electron chi connectivity index (χ3n) is 7.67. The van der Waals surface area contributed by atoms with Gasteiger partial charge >= 0.3 is 0 Å². The molecule has 0 radical (unpaired) electrons. The summed E-state index contributed by atoms with van der Waals surface area (Å²) < 4.78 is 9.71. The minimum Gasteiger partial charge on any atom is -0.457 e. The fourth-order valence-corrected chi connectivity index (χ4v) is 5.90. The average Bonchev–Trinajstić information content (AvgIpc) is 3.58. The molecule has 0 saturated carbocycles. The number of aromatic nitrogens is 6. The summed E-state index contributed by atoms with van der Waals surface area (Å²) in [6, 6.07) is 12.8. The van der Waals surface area contributed by atoms with Gasteiger partial charge in [-0.3, -0.25) is 4.90 Å². The summed E-state index contributed by atoms with van der Waals surface area (Å²) in [5.41, 5.74) is 4.82. The van der Waals surface area contributed by atoms with E-state index < -0.39 is 0 Å². The normalized spacial score (nSPS) is 21.6. The highest BCUT2D eigenvalue weighted by molar-refractivity contribution is 5.76. The molecule has 10 heteroatoms. The van der Waals surface area contributed by atoms with Crippen molar-refractivity contribution in [3.05, 3.63) is 72.6 Å². The van der Waals surface area contributed by atoms with E-state index in [0.717, 1.165) is 66.2 Å². The molecule has 2 bridgehead atoms. The molecule has 5 aromatic rings. The number of nitrogens with one attached hydrogen (secondary N) is 1. The molecule has 0 spiro atoms. The summed E-state index contributed by atoms with van der Waals surface area (Å²) in [6.07, 6.45) is 10.8. The highest BCUT2D eigenvalue weighted by Gasteiger charge is 2.40. The Labute approximate surface area is 213 Å². The number of hydrogen-bond acceptors (Lipinski definition) is 8. The zero-order valence-corrected chi connectivity index (χ0v) is 20.5. The zero-order chi connectivity index (χ0) is 24.9. The SMILES string of the molecule is Cc1cc(Nc2ncnn3ccc(CN4C5CCC4CC(O)C5)c23)ccc1Oc1ccn2ncnc2c1. The lowest BCUT2D eigenvalue weighted by atomic mass is 9.99. The maximum absolute atomic E-state index is 10.2. The number of piperidine rings is 1. The van der Waals surface area contributed by atoms with Crippen molar-refractivity contribution in [2.45, 2.75) is 57.3 Å². The third-order valence-corrected chi connectivity index (χ3v) is 7.67. The highest BCUT2D eigenvalue weighted by atomic mass is 16.5. The topological polar surface area (TPSA) is 105 Å². The fraction of sp³-hybridized carbons (Fsp3) is 0.333. The van der Waals surface area contributed by atoms with Gasteiger partial charge in [0.1, 0.15) is 29.7 Å². The second kappa shape index (κ2) is 8.82. The number of anilines is 2. The van der Waals surface area contributed by atoms with Gasteiger partial charge in [-0.15, -0.1) is 0 Å². The summed E-state index contributed by atoms with van der Waals surface area (Å²) in [5, 5.41) is 22.3. The highest BCUT2D eigenvalue weighted by Crippen LogP contribution is 2.38. The Morgan fingerprint density at radius 3 is 2.59 bits per heavy atom. The maximum atomic E-state index is 10.2. The number of rotatable bonds is 6. The van der Waals surface area contributed by atoms with Gasteiger partial charge in [-0.2, -0.15) is 10.2 Å². The first-order valence-electron chi connectivity index (χ1n) is 12.7. The van der Waals surface area contributed by atoms with Crippen LogP contribution < -0.4 is 10.1 Å². The molecule has 2 atom stereocenters. The molecule has 2 aliphatic rings. The van der Waals surface area contributed by atoms with Crippen LogP contribution in [0.4, 0.5) is 11.5 Å². The third kappa shape index (κ3) is 4.08. The summed E-state index contributed by atoms with van der Waals surface area (Å²) >= 11 is 0. The first kappa shape index (κ1) is 22.2. The van der Waals surface area contributed by atoms with E-state index in [4.69, 9.17) is 4.74 Å². The Morgan fingerprint density at radius 1 is 0.973 bits per heavy atom. The summed E-state index contributed by atoms with van der Waals surface area (Å²) in [7, 11) is 0. The summed E-state index contributed by atoms with van der Waals surface area (Å²) in [6.45, 7) is 2.86. The smallest absolute Gasteiger partial charge is 0.158 e. The van der Waals surface area contributed by atoms with E-state index in [1.54, 1.807) is 10.8 Å². The van der Waals surface area contributed by atoms with Crippen molar-refractivity contribution in [3.63, 3.8) is 0 Å². The van der Waals surface area contributed by atoms with Crippen LogP contribution in [0.3, 0.4) is 0 Å². The van der Waals surface area contributed by atoms with Crippen molar-refractivity contribution >= 4 is 22.7 Å². The first-order chi connectivity index (χ1) is 18.1. The van der Waals surface area contributed by atoms with Crippen LogP contribution in [0.1, 0.15) is 36.8 Å². The Kier molecular flexibility index (Phi) is 5.29. The molecule has 10 nitrogen and oxygen atoms in total. The van der Waals surface area contributed by atoms with Gasteiger partial charge < -0.3 is 15.2 Å². The number of aliphatic hydroxyl groups is 1. The number of aryl methyl sites for hydroxylation is 1. The van der Waals surface area contributed by atoms with Crippen molar-refractivity contribution in [1.29, 1.82) is 0 Å². The van der Waals surface area contributed by atoms with Crippen molar-refractivity contribution in [2.75, 3.05) is 5.32 Å².